The molecular weight excluding hydrogens is 472 g/mol. The number of fused-ring (bicyclic) bond motifs is 1. The molecule has 1 aromatic heterocycles. The van der Waals surface area contributed by atoms with Gasteiger partial charge in [-0.15, -0.1) is 0 Å². The van der Waals surface area contributed by atoms with E-state index in [1.165, 1.54) is 9.13 Å². The van der Waals surface area contributed by atoms with Crippen molar-refractivity contribution >= 4 is 22.7 Å². The van der Waals surface area contributed by atoms with Crippen LogP contribution >= 0.6 is 0 Å². The van der Waals surface area contributed by atoms with E-state index in [1.54, 1.807) is 32.4 Å². The zero-order chi connectivity index (χ0) is 26.7. The predicted octanol–water partition coefficient (Wildman–Crippen LogP) is 2.62. The van der Waals surface area contributed by atoms with Crippen LogP contribution in [-0.2, 0) is 23.2 Å². The van der Waals surface area contributed by atoms with Crippen LogP contribution in [0.2, 0.25) is 0 Å². The van der Waals surface area contributed by atoms with Gasteiger partial charge in [0.2, 0.25) is 11.8 Å². The zero-order valence-corrected chi connectivity index (χ0v) is 22.6. The largest absolute Gasteiger partial charge is 0.497 e. The number of piperazine rings is 1. The molecular formula is C28H40N4O5. The number of benzene rings is 1. The van der Waals surface area contributed by atoms with Crippen molar-refractivity contribution in [1.82, 2.24) is 18.9 Å². The molecule has 2 fully saturated rings. The Kier molecular flexibility index (Phi) is 8.39. The number of aryl methyl sites for hydroxylation is 1. The van der Waals surface area contributed by atoms with E-state index in [0.29, 0.717) is 49.4 Å². The maximum Gasteiger partial charge on any atom is 0.331 e. The third kappa shape index (κ3) is 5.60. The predicted molar refractivity (Wildman–Crippen MR) is 143 cm³/mol. The number of carbonyl (C=O) groups is 2. The highest BCUT2D eigenvalue weighted by Crippen LogP contribution is 2.31. The minimum atomic E-state index is -0.318. The summed E-state index contributed by atoms with van der Waals surface area (Å²) in [5.41, 5.74) is -0.0274. The number of amides is 2. The van der Waals surface area contributed by atoms with Crippen molar-refractivity contribution < 1.29 is 14.3 Å². The highest BCUT2D eigenvalue weighted by molar-refractivity contribution is 5.81. The van der Waals surface area contributed by atoms with E-state index in [-0.39, 0.29) is 40.8 Å². The first-order valence-electron chi connectivity index (χ1n) is 13.6. The first-order chi connectivity index (χ1) is 17.7. The minimum absolute atomic E-state index is 0.0297. The first-order valence-corrected chi connectivity index (χ1v) is 13.6. The van der Waals surface area contributed by atoms with Crippen LogP contribution in [0, 0.1) is 17.8 Å². The molecule has 0 spiro atoms. The molecule has 9 nitrogen and oxygen atoms in total. The molecule has 2 heterocycles. The summed E-state index contributed by atoms with van der Waals surface area (Å²) in [6, 6.07) is 5.16. The Morgan fingerprint density at radius 3 is 2.30 bits per heavy atom. The van der Waals surface area contributed by atoms with Gasteiger partial charge in [0, 0.05) is 51.6 Å². The number of ether oxygens (including phenoxy) is 1. The van der Waals surface area contributed by atoms with Gasteiger partial charge >= 0.3 is 5.69 Å². The fourth-order valence-electron chi connectivity index (χ4n) is 5.91. The number of rotatable bonds is 7. The second kappa shape index (κ2) is 11.5. The monoisotopic (exact) mass is 512 g/mol. The average Bonchev–Trinajstić information content (AvgIpc) is 2.93. The summed E-state index contributed by atoms with van der Waals surface area (Å²) in [6.07, 6.45) is 5.00. The molecule has 1 saturated heterocycles. The molecule has 2 aliphatic rings. The molecule has 1 saturated carbocycles. The molecule has 9 heteroatoms. The van der Waals surface area contributed by atoms with E-state index in [9.17, 15) is 19.2 Å². The molecule has 202 valence electrons. The fourth-order valence-corrected chi connectivity index (χ4v) is 5.91. The lowest BCUT2D eigenvalue weighted by Crippen LogP contribution is -2.53. The summed E-state index contributed by atoms with van der Waals surface area (Å²) in [4.78, 5) is 55.8. The number of methoxy groups -OCH3 is 1. The van der Waals surface area contributed by atoms with E-state index >= 15 is 0 Å². The Labute approximate surface area is 218 Å². The van der Waals surface area contributed by atoms with E-state index in [4.69, 9.17) is 4.74 Å². The average molecular weight is 513 g/mol. The number of aromatic nitrogens is 2. The van der Waals surface area contributed by atoms with E-state index in [2.05, 4.69) is 6.92 Å². The molecule has 37 heavy (non-hydrogen) atoms. The van der Waals surface area contributed by atoms with E-state index in [1.807, 2.05) is 16.7 Å². The Bertz CT molecular complexity index is 1250. The van der Waals surface area contributed by atoms with Gasteiger partial charge in [0.15, 0.2) is 0 Å². The van der Waals surface area contributed by atoms with Gasteiger partial charge in [-0.1, -0.05) is 20.3 Å². The third-order valence-electron chi connectivity index (χ3n) is 8.24. The maximum absolute atomic E-state index is 13.2. The quantitative estimate of drug-likeness (QED) is 0.569. The summed E-state index contributed by atoms with van der Waals surface area (Å²) < 4.78 is 8.12. The first kappa shape index (κ1) is 26.9. The molecule has 1 unspecified atom stereocenters. The molecule has 1 atom stereocenters. The van der Waals surface area contributed by atoms with Crippen molar-refractivity contribution in [2.24, 2.45) is 24.8 Å². The molecule has 1 aliphatic heterocycles. The standard InChI is InChI=1S/C28H40N4O5/c1-5-6-19(2)25(33)30-13-15-31(16-14-30)26(34)21-9-7-20(8-10-21)18-32-27(35)23-17-22(37-4)11-12-24(23)29(3)28(32)36/h11-12,17,19-21H,5-10,13-16,18H2,1-4H3/t19?,20-,21-. The van der Waals surface area contributed by atoms with Crippen molar-refractivity contribution in [1.29, 1.82) is 0 Å². The van der Waals surface area contributed by atoms with Crippen molar-refractivity contribution in [3.63, 3.8) is 0 Å². The smallest absolute Gasteiger partial charge is 0.331 e. The topological polar surface area (TPSA) is 93.8 Å². The van der Waals surface area contributed by atoms with Crippen LogP contribution in [0.5, 0.6) is 5.75 Å². The number of hydrogen-bond acceptors (Lipinski definition) is 5. The van der Waals surface area contributed by atoms with Crippen LogP contribution in [0.15, 0.2) is 27.8 Å². The van der Waals surface area contributed by atoms with Crippen LogP contribution in [0.4, 0.5) is 0 Å². The molecule has 0 bridgehead atoms. The normalized spacial score (nSPS) is 21.2. The molecule has 1 aromatic carbocycles. The van der Waals surface area contributed by atoms with Crippen LogP contribution in [0.3, 0.4) is 0 Å². The second-order valence-electron chi connectivity index (χ2n) is 10.7. The van der Waals surface area contributed by atoms with Gasteiger partial charge in [-0.05, 0) is 56.2 Å². The molecule has 0 radical (unpaired) electrons. The van der Waals surface area contributed by atoms with Gasteiger partial charge in [-0.3, -0.25) is 23.5 Å². The maximum atomic E-state index is 13.2. The van der Waals surface area contributed by atoms with Crippen LogP contribution < -0.4 is 16.0 Å². The summed E-state index contributed by atoms with van der Waals surface area (Å²) in [7, 11) is 3.23. The molecule has 0 N–H and O–H groups in total. The highest BCUT2D eigenvalue weighted by atomic mass is 16.5. The van der Waals surface area contributed by atoms with Crippen molar-refractivity contribution in [2.75, 3.05) is 33.3 Å². The summed E-state index contributed by atoms with van der Waals surface area (Å²) in [6.45, 7) is 6.83. The zero-order valence-electron chi connectivity index (χ0n) is 22.6. The van der Waals surface area contributed by atoms with Gasteiger partial charge in [0.25, 0.3) is 5.56 Å². The van der Waals surface area contributed by atoms with Crippen LogP contribution in [0.1, 0.15) is 52.4 Å². The van der Waals surface area contributed by atoms with Crippen molar-refractivity contribution in [3.05, 3.63) is 39.0 Å². The molecule has 2 aromatic rings. The van der Waals surface area contributed by atoms with Crippen LogP contribution in [0.25, 0.3) is 10.9 Å². The Morgan fingerprint density at radius 1 is 1.03 bits per heavy atom. The molecule has 2 amide bonds. The summed E-state index contributed by atoms with van der Waals surface area (Å²) >= 11 is 0. The Balaban J connectivity index is 1.35. The minimum Gasteiger partial charge on any atom is -0.497 e. The van der Waals surface area contributed by atoms with Gasteiger partial charge in [0.05, 0.1) is 18.0 Å². The van der Waals surface area contributed by atoms with E-state index < -0.39 is 0 Å². The second-order valence-corrected chi connectivity index (χ2v) is 10.7. The Morgan fingerprint density at radius 2 is 1.68 bits per heavy atom. The lowest BCUT2D eigenvalue weighted by molar-refractivity contribution is -0.144. The lowest BCUT2D eigenvalue weighted by atomic mass is 9.81. The van der Waals surface area contributed by atoms with E-state index in [0.717, 1.165) is 38.5 Å². The SMILES string of the molecule is CCCC(C)C(=O)N1CCN(C(=O)[C@H]2CC[C@H](Cn3c(=O)c4cc(OC)ccc4n(C)c3=O)CC2)CC1. The van der Waals surface area contributed by atoms with Gasteiger partial charge < -0.3 is 14.5 Å². The lowest BCUT2D eigenvalue weighted by Gasteiger charge is -2.38. The van der Waals surface area contributed by atoms with Gasteiger partial charge in [-0.2, -0.15) is 0 Å². The summed E-state index contributed by atoms with van der Waals surface area (Å²) in [5.74, 6) is 1.14. The van der Waals surface area contributed by atoms with Crippen LogP contribution in [-0.4, -0.2) is 64.0 Å². The van der Waals surface area contributed by atoms with Crippen molar-refractivity contribution in [2.45, 2.75) is 58.9 Å². The Hall–Kier alpha value is -3.10. The van der Waals surface area contributed by atoms with Crippen molar-refractivity contribution in [3.8, 4) is 5.75 Å². The molecule has 4 rings (SSSR count). The molecule has 1 aliphatic carbocycles. The number of carbonyl (C=O) groups excluding carboxylic acids is 2. The highest BCUT2D eigenvalue weighted by Gasteiger charge is 2.33. The number of nitrogens with zero attached hydrogens (tertiary/aromatic N) is 4. The van der Waals surface area contributed by atoms with Gasteiger partial charge in [-0.25, -0.2) is 4.79 Å². The van der Waals surface area contributed by atoms with Gasteiger partial charge in [0.1, 0.15) is 5.75 Å². The third-order valence-corrected chi connectivity index (χ3v) is 8.24. The summed E-state index contributed by atoms with van der Waals surface area (Å²) in [5, 5.41) is 0.465. The number of hydrogen-bond donors (Lipinski definition) is 0. The fraction of sp³-hybridized carbons (Fsp3) is 0.643.